The van der Waals surface area contributed by atoms with Gasteiger partial charge in [0.1, 0.15) is 17.3 Å². The quantitative estimate of drug-likeness (QED) is 0.303. The minimum Gasteiger partial charge on any atom is -0.461 e. The SMILES string of the molecule is CC(C)(C)C(=O)O/C(Cc1ccccc1)=C(\Cc1ccccc1)c1ccc(C(C)(C)C)o1. The highest BCUT2D eigenvalue weighted by atomic mass is 16.5. The van der Waals surface area contributed by atoms with Crippen LogP contribution in [0.2, 0.25) is 0 Å². The molecule has 0 fully saturated rings. The Morgan fingerprint density at radius 1 is 0.750 bits per heavy atom. The molecule has 0 unspecified atom stereocenters. The maximum atomic E-state index is 12.9. The summed E-state index contributed by atoms with van der Waals surface area (Å²) in [5.41, 5.74) is 2.39. The monoisotopic (exact) mass is 430 g/mol. The molecule has 0 aliphatic rings. The molecule has 1 aromatic heterocycles. The van der Waals surface area contributed by atoms with Gasteiger partial charge in [-0.25, -0.2) is 0 Å². The summed E-state index contributed by atoms with van der Waals surface area (Å²) in [4.78, 5) is 12.9. The van der Waals surface area contributed by atoms with Crippen LogP contribution >= 0.6 is 0 Å². The first-order valence-electron chi connectivity index (χ1n) is 11.2. The Balaban J connectivity index is 2.14. The molecule has 0 amide bonds. The molecule has 3 heteroatoms. The summed E-state index contributed by atoms with van der Waals surface area (Å²) in [5, 5.41) is 0. The van der Waals surface area contributed by atoms with Gasteiger partial charge in [-0.2, -0.15) is 0 Å². The molecule has 32 heavy (non-hydrogen) atoms. The van der Waals surface area contributed by atoms with Gasteiger partial charge in [-0.05, 0) is 44.0 Å². The fraction of sp³-hybridized carbons (Fsp3) is 0.345. The molecule has 0 aliphatic heterocycles. The third-order valence-electron chi connectivity index (χ3n) is 5.24. The van der Waals surface area contributed by atoms with Crippen molar-refractivity contribution in [2.75, 3.05) is 0 Å². The second-order valence-corrected chi connectivity index (χ2v) is 10.3. The number of allylic oxidation sites excluding steroid dienone is 2. The van der Waals surface area contributed by atoms with E-state index in [0.717, 1.165) is 28.2 Å². The lowest BCUT2D eigenvalue weighted by molar-refractivity contribution is -0.148. The van der Waals surface area contributed by atoms with Gasteiger partial charge in [0.05, 0.1) is 5.41 Å². The number of hydrogen-bond donors (Lipinski definition) is 0. The summed E-state index contributed by atoms with van der Waals surface area (Å²) in [5.74, 6) is 2.03. The molecule has 0 spiro atoms. The zero-order valence-corrected chi connectivity index (χ0v) is 20.1. The molecule has 2 aromatic carbocycles. The van der Waals surface area contributed by atoms with Crippen molar-refractivity contribution in [2.24, 2.45) is 5.41 Å². The first-order chi connectivity index (χ1) is 15.0. The molecule has 0 bridgehead atoms. The topological polar surface area (TPSA) is 39.4 Å². The van der Waals surface area contributed by atoms with E-state index in [1.54, 1.807) is 0 Å². The van der Waals surface area contributed by atoms with E-state index in [1.807, 2.05) is 81.4 Å². The number of furan rings is 1. The number of carbonyl (C=O) groups is 1. The first-order valence-corrected chi connectivity index (χ1v) is 11.2. The second-order valence-electron chi connectivity index (χ2n) is 10.3. The molecule has 3 rings (SSSR count). The Morgan fingerprint density at radius 3 is 1.75 bits per heavy atom. The first kappa shape index (κ1) is 23.6. The Morgan fingerprint density at radius 2 is 1.28 bits per heavy atom. The van der Waals surface area contributed by atoms with Gasteiger partial charge in [0.25, 0.3) is 0 Å². The Bertz CT molecular complexity index is 1060. The van der Waals surface area contributed by atoms with Crippen molar-refractivity contribution in [3.05, 3.63) is 101 Å². The number of hydrogen-bond acceptors (Lipinski definition) is 3. The summed E-state index contributed by atoms with van der Waals surface area (Å²) in [6.45, 7) is 12.0. The standard InChI is InChI=1S/C29H34O3/c1-28(2,3)26-18-17-24(31-26)23(19-21-13-9-7-10-14-21)25(32-27(30)29(4,5)6)20-22-15-11-8-12-16-22/h7-18H,19-20H2,1-6H3/b25-23+. The van der Waals surface area contributed by atoms with E-state index in [-0.39, 0.29) is 11.4 Å². The number of benzene rings is 2. The van der Waals surface area contributed by atoms with Crippen molar-refractivity contribution in [3.63, 3.8) is 0 Å². The minimum atomic E-state index is -0.612. The van der Waals surface area contributed by atoms with Crippen LogP contribution in [-0.2, 0) is 27.8 Å². The van der Waals surface area contributed by atoms with Gasteiger partial charge in [0.2, 0.25) is 0 Å². The van der Waals surface area contributed by atoms with Crippen LogP contribution < -0.4 is 0 Å². The maximum absolute atomic E-state index is 12.9. The summed E-state index contributed by atoms with van der Waals surface area (Å²) < 4.78 is 12.4. The summed E-state index contributed by atoms with van der Waals surface area (Å²) in [7, 11) is 0. The van der Waals surface area contributed by atoms with Crippen LogP contribution in [0.25, 0.3) is 5.57 Å². The molecule has 0 radical (unpaired) electrons. The van der Waals surface area contributed by atoms with Crippen LogP contribution in [0.4, 0.5) is 0 Å². The lowest BCUT2D eigenvalue weighted by atomic mass is 9.94. The lowest BCUT2D eigenvalue weighted by Crippen LogP contribution is -2.23. The van der Waals surface area contributed by atoms with E-state index >= 15 is 0 Å². The average Bonchev–Trinajstić information content (AvgIpc) is 3.23. The average molecular weight is 431 g/mol. The Hall–Kier alpha value is -3.07. The van der Waals surface area contributed by atoms with Crippen molar-refractivity contribution in [1.29, 1.82) is 0 Å². The highest BCUT2D eigenvalue weighted by Crippen LogP contribution is 2.33. The Kier molecular flexibility index (Phi) is 7.08. The van der Waals surface area contributed by atoms with Gasteiger partial charge >= 0.3 is 5.97 Å². The molecule has 3 nitrogen and oxygen atoms in total. The molecule has 0 aliphatic carbocycles. The predicted molar refractivity (Wildman–Crippen MR) is 130 cm³/mol. The van der Waals surface area contributed by atoms with Crippen molar-refractivity contribution < 1.29 is 13.9 Å². The summed E-state index contributed by atoms with van der Waals surface area (Å²) in [6, 6.07) is 24.3. The largest absolute Gasteiger partial charge is 0.461 e. The molecule has 168 valence electrons. The van der Waals surface area contributed by atoms with Gasteiger partial charge in [-0.1, -0.05) is 81.4 Å². The van der Waals surface area contributed by atoms with E-state index in [2.05, 4.69) is 32.9 Å². The third-order valence-corrected chi connectivity index (χ3v) is 5.24. The molecule has 3 aromatic rings. The summed E-state index contributed by atoms with van der Waals surface area (Å²) in [6.07, 6.45) is 1.12. The van der Waals surface area contributed by atoms with Crippen molar-refractivity contribution >= 4 is 11.5 Å². The van der Waals surface area contributed by atoms with Crippen LogP contribution in [0.3, 0.4) is 0 Å². The van der Waals surface area contributed by atoms with Gasteiger partial charge in [0, 0.05) is 23.8 Å². The third kappa shape index (κ3) is 6.23. The van der Waals surface area contributed by atoms with Gasteiger partial charge in [-0.3, -0.25) is 4.79 Å². The molecular weight excluding hydrogens is 396 g/mol. The highest BCUT2D eigenvalue weighted by molar-refractivity contribution is 5.79. The number of ether oxygens (including phenoxy) is 1. The van der Waals surface area contributed by atoms with Crippen LogP contribution in [-0.4, -0.2) is 5.97 Å². The second kappa shape index (κ2) is 9.60. The van der Waals surface area contributed by atoms with Crippen LogP contribution in [0, 0.1) is 5.41 Å². The van der Waals surface area contributed by atoms with Crippen molar-refractivity contribution in [3.8, 4) is 0 Å². The Labute approximate surface area is 192 Å². The van der Waals surface area contributed by atoms with E-state index in [9.17, 15) is 4.79 Å². The smallest absolute Gasteiger partial charge is 0.316 e. The van der Waals surface area contributed by atoms with Crippen LogP contribution in [0.1, 0.15) is 64.2 Å². The number of carbonyl (C=O) groups excluding carboxylic acids is 1. The van der Waals surface area contributed by atoms with Crippen LogP contribution in [0.5, 0.6) is 0 Å². The molecule has 0 atom stereocenters. The van der Waals surface area contributed by atoms with Crippen LogP contribution in [0.15, 0.2) is 83.0 Å². The van der Waals surface area contributed by atoms with E-state index in [1.165, 1.54) is 0 Å². The van der Waals surface area contributed by atoms with Gasteiger partial charge in [0.15, 0.2) is 0 Å². The number of rotatable bonds is 6. The van der Waals surface area contributed by atoms with E-state index in [0.29, 0.717) is 18.6 Å². The normalized spacial score (nSPS) is 12.9. The van der Waals surface area contributed by atoms with E-state index < -0.39 is 5.41 Å². The predicted octanol–water partition coefficient (Wildman–Crippen LogP) is 7.36. The molecule has 0 N–H and O–H groups in total. The van der Waals surface area contributed by atoms with Gasteiger partial charge < -0.3 is 9.15 Å². The molecule has 0 saturated carbocycles. The summed E-state index contributed by atoms with van der Waals surface area (Å²) >= 11 is 0. The zero-order valence-electron chi connectivity index (χ0n) is 20.1. The van der Waals surface area contributed by atoms with Crippen molar-refractivity contribution in [2.45, 2.75) is 59.8 Å². The fourth-order valence-electron chi connectivity index (χ4n) is 3.28. The lowest BCUT2D eigenvalue weighted by Gasteiger charge is -2.21. The molecule has 0 saturated heterocycles. The maximum Gasteiger partial charge on any atom is 0.316 e. The fourth-order valence-corrected chi connectivity index (χ4v) is 3.28. The molecular formula is C29H34O3. The highest BCUT2D eigenvalue weighted by Gasteiger charge is 2.27. The van der Waals surface area contributed by atoms with Gasteiger partial charge in [-0.15, -0.1) is 0 Å². The van der Waals surface area contributed by atoms with Crippen molar-refractivity contribution in [1.82, 2.24) is 0 Å². The minimum absolute atomic E-state index is 0.113. The zero-order chi connectivity index (χ0) is 23.4. The molecule has 1 heterocycles. The van der Waals surface area contributed by atoms with E-state index in [4.69, 9.17) is 9.15 Å². The number of esters is 1.